The Kier molecular flexibility index (Phi) is 2.62. The zero-order chi connectivity index (χ0) is 11.7. The molecule has 0 saturated carbocycles. The highest BCUT2D eigenvalue weighted by Gasteiger charge is 2.09. The van der Waals surface area contributed by atoms with E-state index in [4.69, 9.17) is 11.6 Å². The highest BCUT2D eigenvalue weighted by atomic mass is 35.5. The molecule has 0 radical (unpaired) electrons. The van der Waals surface area contributed by atoms with Crippen LogP contribution in [0.3, 0.4) is 0 Å². The van der Waals surface area contributed by atoms with Gasteiger partial charge in [-0.1, -0.05) is 23.7 Å². The van der Waals surface area contributed by atoms with E-state index in [9.17, 15) is 14.0 Å². The van der Waals surface area contributed by atoms with E-state index in [-0.39, 0.29) is 10.7 Å². The van der Waals surface area contributed by atoms with E-state index >= 15 is 0 Å². The van der Waals surface area contributed by atoms with E-state index in [0.29, 0.717) is 5.56 Å². The van der Waals surface area contributed by atoms with Crippen LogP contribution in [-0.2, 0) is 0 Å². The third kappa shape index (κ3) is 1.90. The van der Waals surface area contributed by atoms with Gasteiger partial charge in [-0.2, -0.15) is 0 Å². The van der Waals surface area contributed by atoms with Crippen molar-refractivity contribution in [2.45, 2.75) is 0 Å². The maximum absolute atomic E-state index is 12.7. The van der Waals surface area contributed by atoms with Crippen molar-refractivity contribution in [3.05, 3.63) is 56.1 Å². The molecule has 0 aliphatic heterocycles. The lowest BCUT2D eigenvalue weighted by molar-refractivity contribution is 0.628. The molecule has 2 rings (SSSR count). The van der Waals surface area contributed by atoms with Gasteiger partial charge in [0.25, 0.3) is 5.56 Å². The molecule has 0 bridgehead atoms. The molecule has 1 aromatic heterocycles. The zero-order valence-electron chi connectivity index (χ0n) is 7.88. The quantitative estimate of drug-likeness (QED) is 0.743. The maximum Gasteiger partial charge on any atom is 0.326 e. The number of nitrogens with one attached hydrogen (secondary N) is 2. The number of aromatic amines is 2. The number of H-pyrrole nitrogens is 2. The van der Waals surface area contributed by atoms with Crippen LogP contribution in [0.5, 0.6) is 0 Å². The summed E-state index contributed by atoms with van der Waals surface area (Å²) in [5, 5.41) is -0.0691. The minimum atomic E-state index is -0.680. The number of benzene rings is 1. The molecule has 6 heteroatoms. The summed E-state index contributed by atoms with van der Waals surface area (Å²) in [5.41, 5.74) is -0.744. The SMILES string of the molecule is O=c1[nH]c(Cl)c(-c2ccc(F)cc2)c(=O)[nH]1. The van der Waals surface area contributed by atoms with Crippen LogP contribution in [0.2, 0.25) is 5.15 Å². The summed E-state index contributed by atoms with van der Waals surface area (Å²) >= 11 is 5.74. The van der Waals surface area contributed by atoms with Crippen LogP contribution in [0, 0.1) is 5.82 Å². The first-order valence-corrected chi connectivity index (χ1v) is 4.74. The molecule has 82 valence electrons. The minimum Gasteiger partial charge on any atom is -0.297 e. The van der Waals surface area contributed by atoms with Crippen LogP contribution in [-0.4, -0.2) is 9.97 Å². The zero-order valence-corrected chi connectivity index (χ0v) is 8.64. The van der Waals surface area contributed by atoms with Crippen LogP contribution in [0.4, 0.5) is 4.39 Å². The van der Waals surface area contributed by atoms with Gasteiger partial charge < -0.3 is 0 Å². The van der Waals surface area contributed by atoms with Gasteiger partial charge in [-0.15, -0.1) is 0 Å². The van der Waals surface area contributed by atoms with Crippen molar-refractivity contribution >= 4 is 11.6 Å². The predicted molar refractivity (Wildman–Crippen MR) is 58.1 cm³/mol. The van der Waals surface area contributed by atoms with Crippen LogP contribution in [0.25, 0.3) is 11.1 Å². The van der Waals surface area contributed by atoms with Crippen LogP contribution < -0.4 is 11.2 Å². The molecule has 0 saturated heterocycles. The first-order valence-electron chi connectivity index (χ1n) is 4.36. The summed E-state index contributed by atoms with van der Waals surface area (Å²) in [7, 11) is 0. The standard InChI is InChI=1S/C10H6ClFN2O2/c11-8-7(9(15)14-10(16)13-8)5-1-3-6(12)4-2-5/h1-4H,(H2,13,14,15,16). The van der Waals surface area contributed by atoms with Gasteiger partial charge in [0.2, 0.25) is 0 Å². The van der Waals surface area contributed by atoms with Crippen molar-refractivity contribution < 1.29 is 4.39 Å². The maximum atomic E-state index is 12.7. The summed E-state index contributed by atoms with van der Waals surface area (Å²) < 4.78 is 12.7. The van der Waals surface area contributed by atoms with E-state index in [1.807, 2.05) is 4.98 Å². The Morgan fingerprint density at radius 2 is 1.69 bits per heavy atom. The van der Waals surface area contributed by atoms with Crippen LogP contribution >= 0.6 is 11.6 Å². The molecule has 0 aliphatic rings. The second kappa shape index (κ2) is 3.94. The molecule has 2 aromatic rings. The molecule has 16 heavy (non-hydrogen) atoms. The molecule has 0 amide bonds. The molecule has 0 unspecified atom stereocenters. The van der Waals surface area contributed by atoms with Gasteiger partial charge in [0.05, 0.1) is 5.56 Å². The van der Waals surface area contributed by atoms with Gasteiger partial charge in [0, 0.05) is 0 Å². The number of hydrogen-bond acceptors (Lipinski definition) is 2. The first kappa shape index (κ1) is 10.6. The Hall–Kier alpha value is -1.88. The second-order valence-electron chi connectivity index (χ2n) is 3.10. The van der Waals surface area contributed by atoms with Crippen molar-refractivity contribution in [1.82, 2.24) is 9.97 Å². The van der Waals surface area contributed by atoms with Gasteiger partial charge >= 0.3 is 5.69 Å². The van der Waals surface area contributed by atoms with E-state index in [1.54, 1.807) is 0 Å². The third-order valence-electron chi connectivity index (χ3n) is 2.03. The summed E-state index contributed by atoms with van der Waals surface area (Å²) in [6.07, 6.45) is 0. The summed E-state index contributed by atoms with van der Waals surface area (Å²) in [4.78, 5) is 26.7. The van der Waals surface area contributed by atoms with Crippen LogP contribution in [0.1, 0.15) is 0 Å². The molecule has 2 N–H and O–H groups in total. The fourth-order valence-corrected chi connectivity index (χ4v) is 1.61. The average molecular weight is 241 g/mol. The molecule has 1 heterocycles. The van der Waals surface area contributed by atoms with Crippen molar-refractivity contribution in [2.24, 2.45) is 0 Å². The number of halogens is 2. The lowest BCUT2D eigenvalue weighted by atomic mass is 10.1. The van der Waals surface area contributed by atoms with Gasteiger partial charge in [0.1, 0.15) is 11.0 Å². The van der Waals surface area contributed by atoms with Crippen molar-refractivity contribution in [3.63, 3.8) is 0 Å². The predicted octanol–water partition coefficient (Wildman–Crippen LogP) is 1.52. The smallest absolute Gasteiger partial charge is 0.297 e. The molecular formula is C10H6ClFN2O2. The topological polar surface area (TPSA) is 65.7 Å². The Morgan fingerprint density at radius 1 is 1.06 bits per heavy atom. The summed E-state index contributed by atoms with van der Waals surface area (Å²) in [6, 6.07) is 5.22. The Bertz CT molecular complexity index is 631. The first-order chi connectivity index (χ1) is 7.58. The molecule has 0 atom stereocenters. The van der Waals surface area contributed by atoms with Crippen molar-refractivity contribution in [3.8, 4) is 11.1 Å². The number of rotatable bonds is 1. The highest BCUT2D eigenvalue weighted by Crippen LogP contribution is 2.20. The largest absolute Gasteiger partial charge is 0.326 e. The summed E-state index contributed by atoms with van der Waals surface area (Å²) in [5.74, 6) is -0.416. The van der Waals surface area contributed by atoms with Gasteiger partial charge in [0.15, 0.2) is 0 Å². The van der Waals surface area contributed by atoms with E-state index < -0.39 is 17.1 Å². The van der Waals surface area contributed by atoms with Gasteiger partial charge in [-0.25, -0.2) is 9.18 Å². The average Bonchev–Trinajstić information content (AvgIpc) is 2.19. The van der Waals surface area contributed by atoms with Crippen molar-refractivity contribution in [1.29, 1.82) is 0 Å². The Labute approximate surface area is 93.7 Å². The second-order valence-corrected chi connectivity index (χ2v) is 3.48. The summed E-state index contributed by atoms with van der Waals surface area (Å²) in [6.45, 7) is 0. The fraction of sp³-hybridized carbons (Fsp3) is 0. The third-order valence-corrected chi connectivity index (χ3v) is 2.31. The Balaban J connectivity index is 2.69. The molecule has 0 fully saturated rings. The van der Waals surface area contributed by atoms with Gasteiger partial charge in [-0.3, -0.25) is 14.8 Å². The van der Waals surface area contributed by atoms with Gasteiger partial charge in [-0.05, 0) is 17.7 Å². The minimum absolute atomic E-state index is 0.0691. The number of aromatic nitrogens is 2. The lowest BCUT2D eigenvalue weighted by Crippen LogP contribution is -2.23. The fourth-order valence-electron chi connectivity index (χ4n) is 1.33. The highest BCUT2D eigenvalue weighted by molar-refractivity contribution is 6.32. The van der Waals surface area contributed by atoms with Crippen molar-refractivity contribution in [2.75, 3.05) is 0 Å². The molecule has 1 aromatic carbocycles. The monoisotopic (exact) mass is 240 g/mol. The molecular weight excluding hydrogens is 235 g/mol. The van der Waals surface area contributed by atoms with Crippen LogP contribution in [0.15, 0.2) is 33.9 Å². The molecule has 0 spiro atoms. The number of hydrogen-bond donors (Lipinski definition) is 2. The van der Waals surface area contributed by atoms with E-state index in [0.717, 1.165) is 0 Å². The lowest BCUT2D eigenvalue weighted by Gasteiger charge is -2.01. The molecule has 4 nitrogen and oxygen atoms in total. The van der Waals surface area contributed by atoms with E-state index in [2.05, 4.69) is 4.98 Å². The van der Waals surface area contributed by atoms with E-state index in [1.165, 1.54) is 24.3 Å². The Morgan fingerprint density at radius 3 is 2.25 bits per heavy atom. The molecule has 0 aliphatic carbocycles. The normalized spacial score (nSPS) is 10.4.